The maximum atomic E-state index is 12.3. The van der Waals surface area contributed by atoms with Gasteiger partial charge in [0, 0.05) is 20.1 Å². The molecule has 0 radical (unpaired) electrons. The van der Waals surface area contributed by atoms with Crippen molar-refractivity contribution in [2.45, 2.75) is 0 Å². The molecule has 1 aromatic heterocycles. The van der Waals surface area contributed by atoms with Crippen LogP contribution < -0.4 is 0 Å². The molecule has 0 atom stereocenters. The molecule has 6 heteroatoms. The molecule has 1 saturated heterocycles. The Morgan fingerprint density at radius 2 is 2.11 bits per heavy atom. The van der Waals surface area contributed by atoms with E-state index >= 15 is 0 Å². The smallest absolute Gasteiger partial charge is 0.283 e. The Labute approximate surface area is 114 Å². The summed E-state index contributed by atoms with van der Waals surface area (Å²) in [6.07, 6.45) is 0. The third-order valence-corrected chi connectivity index (χ3v) is 4.25. The van der Waals surface area contributed by atoms with E-state index in [4.69, 9.17) is 0 Å². The molecule has 2 amide bonds. The van der Waals surface area contributed by atoms with Crippen molar-refractivity contribution in [1.29, 1.82) is 0 Å². The summed E-state index contributed by atoms with van der Waals surface area (Å²) in [5, 5.41) is 0.457. The zero-order chi connectivity index (χ0) is 13.4. The van der Waals surface area contributed by atoms with Gasteiger partial charge in [-0.15, -0.1) is 11.3 Å². The molecule has 1 aliphatic heterocycles. The van der Waals surface area contributed by atoms with Crippen molar-refractivity contribution in [3.8, 4) is 0 Å². The normalized spacial score (nSPS) is 16.2. The topological polar surface area (TPSA) is 53.5 Å². The van der Waals surface area contributed by atoms with Gasteiger partial charge < -0.3 is 9.80 Å². The van der Waals surface area contributed by atoms with E-state index in [0.29, 0.717) is 18.1 Å². The van der Waals surface area contributed by atoms with Crippen molar-refractivity contribution in [2.24, 2.45) is 0 Å². The highest BCUT2D eigenvalue weighted by atomic mass is 32.1. The van der Waals surface area contributed by atoms with Gasteiger partial charge in [-0.3, -0.25) is 9.59 Å². The van der Waals surface area contributed by atoms with Crippen LogP contribution in [0.25, 0.3) is 10.2 Å². The molecule has 19 heavy (non-hydrogen) atoms. The molecule has 2 aromatic rings. The molecule has 0 N–H and O–H groups in total. The van der Waals surface area contributed by atoms with Crippen molar-refractivity contribution >= 4 is 33.4 Å². The quantitative estimate of drug-likeness (QED) is 0.786. The summed E-state index contributed by atoms with van der Waals surface area (Å²) < 4.78 is 0.992. The average Bonchev–Trinajstić information content (AvgIpc) is 2.85. The van der Waals surface area contributed by atoms with Gasteiger partial charge in [0.25, 0.3) is 5.91 Å². The van der Waals surface area contributed by atoms with Crippen LogP contribution in [0.3, 0.4) is 0 Å². The highest BCUT2D eigenvalue weighted by Gasteiger charge is 2.27. The summed E-state index contributed by atoms with van der Waals surface area (Å²) in [4.78, 5) is 31.5. The van der Waals surface area contributed by atoms with Crippen LogP contribution in [-0.2, 0) is 4.79 Å². The fourth-order valence-electron chi connectivity index (χ4n) is 2.03. The fraction of sp³-hybridized carbons (Fsp3) is 0.308. The zero-order valence-corrected chi connectivity index (χ0v) is 11.3. The van der Waals surface area contributed by atoms with Gasteiger partial charge in [-0.05, 0) is 12.1 Å². The van der Waals surface area contributed by atoms with E-state index in [-0.39, 0.29) is 18.4 Å². The molecule has 1 fully saturated rings. The Morgan fingerprint density at radius 1 is 1.32 bits per heavy atom. The maximum Gasteiger partial charge on any atom is 0.283 e. The number of piperazine rings is 1. The van der Waals surface area contributed by atoms with Gasteiger partial charge in [-0.2, -0.15) is 0 Å². The van der Waals surface area contributed by atoms with Crippen LogP contribution in [0.1, 0.15) is 9.80 Å². The lowest BCUT2D eigenvalue weighted by atomic mass is 10.3. The first-order chi connectivity index (χ1) is 9.15. The second-order valence-corrected chi connectivity index (χ2v) is 5.56. The first kappa shape index (κ1) is 12.1. The molecule has 0 aliphatic carbocycles. The molecule has 0 spiro atoms. The van der Waals surface area contributed by atoms with Crippen LogP contribution in [0.15, 0.2) is 24.3 Å². The third kappa shape index (κ3) is 2.19. The standard InChI is InChI=1S/C13H13N3O2S/c1-15-6-7-16(8-11(15)17)13(18)12-14-9-4-2-3-5-10(9)19-12/h2-5H,6-8H2,1H3. The third-order valence-electron chi connectivity index (χ3n) is 3.22. The molecule has 98 valence electrons. The van der Waals surface area contributed by atoms with Crippen LogP contribution >= 0.6 is 11.3 Å². The molecule has 1 aliphatic rings. The minimum absolute atomic E-state index is 0.0271. The van der Waals surface area contributed by atoms with Crippen LogP contribution in [0, 0.1) is 0 Å². The first-order valence-corrected chi connectivity index (χ1v) is 6.85. The number of benzene rings is 1. The van der Waals surface area contributed by atoms with Crippen LogP contribution in [-0.4, -0.2) is 53.3 Å². The van der Waals surface area contributed by atoms with Crippen LogP contribution in [0.4, 0.5) is 0 Å². The molecule has 5 nitrogen and oxygen atoms in total. The molecular weight excluding hydrogens is 262 g/mol. The Balaban J connectivity index is 1.85. The number of amides is 2. The lowest BCUT2D eigenvalue weighted by molar-refractivity contribution is -0.133. The van der Waals surface area contributed by atoms with Crippen molar-refractivity contribution in [2.75, 3.05) is 26.7 Å². The summed E-state index contributed by atoms with van der Waals surface area (Å²) in [7, 11) is 1.75. The highest BCUT2D eigenvalue weighted by Crippen LogP contribution is 2.23. The predicted octanol–water partition coefficient (Wildman–Crippen LogP) is 1.21. The highest BCUT2D eigenvalue weighted by molar-refractivity contribution is 7.20. The van der Waals surface area contributed by atoms with E-state index in [2.05, 4.69) is 4.98 Å². The number of carbonyl (C=O) groups excluding carboxylic acids is 2. The van der Waals surface area contributed by atoms with Crippen molar-refractivity contribution < 1.29 is 9.59 Å². The van der Waals surface area contributed by atoms with Gasteiger partial charge in [0.15, 0.2) is 5.01 Å². The maximum absolute atomic E-state index is 12.3. The number of thiazole rings is 1. The number of rotatable bonds is 1. The zero-order valence-electron chi connectivity index (χ0n) is 10.5. The molecule has 0 saturated carbocycles. The van der Waals surface area contributed by atoms with E-state index < -0.39 is 0 Å². The number of nitrogens with zero attached hydrogens (tertiary/aromatic N) is 3. The van der Waals surface area contributed by atoms with Gasteiger partial charge in [-0.25, -0.2) is 4.98 Å². The Kier molecular flexibility index (Phi) is 2.94. The lowest BCUT2D eigenvalue weighted by Crippen LogP contribution is -2.50. The number of fused-ring (bicyclic) bond motifs is 1. The van der Waals surface area contributed by atoms with Crippen LogP contribution in [0.2, 0.25) is 0 Å². The molecule has 0 unspecified atom stereocenters. The summed E-state index contributed by atoms with van der Waals surface area (Å²) in [6.45, 7) is 1.29. The molecule has 2 heterocycles. The average molecular weight is 275 g/mol. The second kappa shape index (κ2) is 4.62. The minimum Gasteiger partial charge on any atom is -0.342 e. The first-order valence-electron chi connectivity index (χ1n) is 6.04. The Bertz CT molecular complexity index is 619. The summed E-state index contributed by atoms with van der Waals surface area (Å²) >= 11 is 1.37. The number of hydrogen-bond acceptors (Lipinski definition) is 4. The van der Waals surface area contributed by atoms with Crippen molar-refractivity contribution in [1.82, 2.24) is 14.8 Å². The minimum atomic E-state index is -0.150. The van der Waals surface area contributed by atoms with E-state index in [9.17, 15) is 9.59 Å². The Hall–Kier alpha value is -1.95. The molecule has 3 rings (SSSR count). The number of likely N-dealkylation sites (N-methyl/N-ethyl adjacent to an activating group) is 1. The monoisotopic (exact) mass is 275 g/mol. The number of aromatic nitrogens is 1. The van der Waals surface area contributed by atoms with Gasteiger partial charge in [0.1, 0.15) is 6.54 Å². The largest absolute Gasteiger partial charge is 0.342 e. The second-order valence-electron chi connectivity index (χ2n) is 4.53. The van der Waals surface area contributed by atoms with E-state index in [1.807, 2.05) is 24.3 Å². The SMILES string of the molecule is CN1CCN(C(=O)c2nc3ccccc3s2)CC1=O. The Morgan fingerprint density at radius 3 is 2.84 bits per heavy atom. The number of carbonyl (C=O) groups is 2. The lowest BCUT2D eigenvalue weighted by Gasteiger charge is -2.31. The predicted molar refractivity (Wildman–Crippen MR) is 73.2 cm³/mol. The van der Waals surface area contributed by atoms with E-state index in [0.717, 1.165) is 10.2 Å². The molecule has 1 aromatic carbocycles. The van der Waals surface area contributed by atoms with Crippen molar-refractivity contribution in [3.63, 3.8) is 0 Å². The van der Waals surface area contributed by atoms with E-state index in [1.54, 1.807) is 16.8 Å². The number of para-hydroxylation sites is 1. The summed E-state index contributed by atoms with van der Waals surface area (Å²) in [6, 6.07) is 7.65. The molecule has 0 bridgehead atoms. The van der Waals surface area contributed by atoms with Gasteiger partial charge in [0.2, 0.25) is 5.91 Å². The van der Waals surface area contributed by atoms with Crippen molar-refractivity contribution in [3.05, 3.63) is 29.3 Å². The van der Waals surface area contributed by atoms with Gasteiger partial charge in [-0.1, -0.05) is 12.1 Å². The fourth-order valence-corrected chi connectivity index (χ4v) is 2.96. The molecular formula is C13H13N3O2S. The van der Waals surface area contributed by atoms with Gasteiger partial charge in [0.05, 0.1) is 10.2 Å². The van der Waals surface area contributed by atoms with E-state index in [1.165, 1.54) is 11.3 Å². The van der Waals surface area contributed by atoms with Crippen LogP contribution in [0.5, 0.6) is 0 Å². The summed E-state index contributed by atoms with van der Waals surface area (Å²) in [5.74, 6) is -0.177. The summed E-state index contributed by atoms with van der Waals surface area (Å²) in [5.41, 5.74) is 0.830. The van der Waals surface area contributed by atoms with Gasteiger partial charge >= 0.3 is 0 Å². The number of hydrogen-bond donors (Lipinski definition) is 0.